The van der Waals surface area contributed by atoms with Gasteiger partial charge in [0, 0.05) is 12.6 Å². The first kappa shape index (κ1) is 16.1. The zero-order chi connectivity index (χ0) is 15.5. The van der Waals surface area contributed by atoms with E-state index in [1.54, 1.807) is 7.11 Å². The molecule has 2 rings (SSSR count). The minimum Gasteiger partial charge on any atom is -0.493 e. The molecule has 1 fully saturated rings. The maximum atomic E-state index is 11.4. The number of rotatable bonds is 6. The SMILES string of the molecule is COc1cc(CNC2CCS(=O)(=O)C2)ccc1OC(C)C. The number of nitrogens with one attached hydrogen (secondary N) is 1. The lowest BCUT2D eigenvalue weighted by Crippen LogP contribution is -2.29. The second kappa shape index (κ2) is 6.66. The van der Waals surface area contributed by atoms with Crippen molar-refractivity contribution in [3.05, 3.63) is 23.8 Å². The fourth-order valence-electron chi connectivity index (χ4n) is 2.39. The average molecular weight is 313 g/mol. The van der Waals surface area contributed by atoms with Gasteiger partial charge in [-0.15, -0.1) is 0 Å². The monoisotopic (exact) mass is 313 g/mol. The number of hydrogen-bond donors (Lipinski definition) is 1. The lowest BCUT2D eigenvalue weighted by Gasteiger charge is -2.15. The molecule has 1 aliphatic rings. The van der Waals surface area contributed by atoms with E-state index in [4.69, 9.17) is 9.47 Å². The van der Waals surface area contributed by atoms with Crippen molar-refractivity contribution < 1.29 is 17.9 Å². The van der Waals surface area contributed by atoms with Crippen LogP contribution in [0.25, 0.3) is 0 Å². The van der Waals surface area contributed by atoms with E-state index in [0.29, 0.717) is 18.7 Å². The van der Waals surface area contributed by atoms with Crippen molar-refractivity contribution >= 4 is 9.84 Å². The minimum absolute atomic E-state index is 0.0487. The molecule has 1 unspecified atom stereocenters. The van der Waals surface area contributed by atoms with Gasteiger partial charge in [0.25, 0.3) is 0 Å². The highest BCUT2D eigenvalue weighted by molar-refractivity contribution is 7.91. The molecular formula is C15H23NO4S. The van der Waals surface area contributed by atoms with E-state index < -0.39 is 9.84 Å². The Morgan fingerprint density at radius 1 is 1.33 bits per heavy atom. The summed E-state index contributed by atoms with van der Waals surface area (Å²) >= 11 is 0. The summed E-state index contributed by atoms with van der Waals surface area (Å²) in [5.41, 5.74) is 1.05. The van der Waals surface area contributed by atoms with E-state index in [1.165, 1.54) is 0 Å². The van der Waals surface area contributed by atoms with Crippen LogP contribution in [0.2, 0.25) is 0 Å². The highest BCUT2D eigenvalue weighted by atomic mass is 32.2. The normalized spacial score (nSPS) is 20.7. The lowest BCUT2D eigenvalue weighted by atomic mass is 10.1. The Morgan fingerprint density at radius 3 is 2.67 bits per heavy atom. The van der Waals surface area contributed by atoms with E-state index in [-0.39, 0.29) is 23.7 Å². The van der Waals surface area contributed by atoms with Crippen LogP contribution in [-0.4, -0.2) is 39.2 Å². The summed E-state index contributed by atoms with van der Waals surface area (Å²) in [4.78, 5) is 0. The van der Waals surface area contributed by atoms with Crippen LogP contribution >= 0.6 is 0 Å². The van der Waals surface area contributed by atoms with Gasteiger partial charge in [-0.1, -0.05) is 6.07 Å². The van der Waals surface area contributed by atoms with Crippen molar-refractivity contribution in [3.63, 3.8) is 0 Å². The molecule has 0 aliphatic carbocycles. The molecule has 0 bridgehead atoms. The molecule has 6 heteroatoms. The predicted molar refractivity (Wildman–Crippen MR) is 82.7 cm³/mol. The lowest BCUT2D eigenvalue weighted by molar-refractivity contribution is 0.230. The standard InChI is InChI=1S/C15H23NO4S/c1-11(2)20-14-5-4-12(8-15(14)19-3)9-16-13-6-7-21(17,18)10-13/h4-5,8,11,13,16H,6-7,9-10H2,1-3H3. The molecule has 0 radical (unpaired) electrons. The zero-order valence-corrected chi connectivity index (χ0v) is 13.6. The van der Waals surface area contributed by atoms with Crippen LogP contribution in [0.3, 0.4) is 0 Å². The van der Waals surface area contributed by atoms with E-state index >= 15 is 0 Å². The molecule has 21 heavy (non-hydrogen) atoms. The van der Waals surface area contributed by atoms with Crippen LogP contribution in [0.4, 0.5) is 0 Å². The Hall–Kier alpha value is -1.27. The topological polar surface area (TPSA) is 64.6 Å². The summed E-state index contributed by atoms with van der Waals surface area (Å²) in [6, 6.07) is 5.83. The quantitative estimate of drug-likeness (QED) is 0.867. The number of hydrogen-bond acceptors (Lipinski definition) is 5. The molecule has 1 aliphatic heterocycles. The second-order valence-corrected chi connectivity index (χ2v) is 7.86. The molecule has 5 nitrogen and oxygen atoms in total. The molecule has 1 heterocycles. The van der Waals surface area contributed by atoms with Gasteiger partial charge in [-0.05, 0) is 38.0 Å². The summed E-state index contributed by atoms with van der Waals surface area (Å²) in [5, 5.41) is 3.29. The fourth-order valence-corrected chi connectivity index (χ4v) is 4.10. The summed E-state index contributed by atoms with van der Waals surface area (Å²) in [6.45, 7) is 4.56. The molecule has 0 saturated carbocycles. The van der Waals surface area contributed by atoms with Gasteiger partial charge in [0.2, 0.25) is 0 Å². The molecule has 1 saturated heterocycles. The van der Waals surface area contributed by atoms with Crippen LogP contribution in [0.5, 0.6) is 11.5 Å². The molecule has 1 atom stereocenters. The van der Waals surface area contributed by atoms with Gasteiger partial charge in [0.1, 0.15) is 0 Å². The van der Waals surface area contributed by atoms with Gasteiger partial charge in [0.05, 0.1) is 24.7 Å². The molecule has 118 valence electrons. The van der Waals surface area contributed by atoms with Crippen molar-refractivity contribution in [1.29, 1.82) is 0 Å². The predicted octanol–water partition coefficient (Wildman–Crippen LogP) is 1.76. The summed E-state index contributed by atoms with van der Waals surface area (Å²) in [7, 11) is -1.23. The molecule has 0 spiro atoms. The third-order valence-corrected chi connectivity index (χ3v) is 5.19. The van der Waals surface area contributed by atoms with Crippen LogP contribution in [0, 0.1) is 0 Å². The average Bonchev–Trinajstić information content (AvgIpc) is 2.76. The Kier molecular flexibility index (Phi) is 5.11. The maximum absolute atomic E-state index is 11.4. The third kappa shape index (κ3) is 4.61. The number of methoxy groups -OCH3 is 1. The first-order valence-electron chi connectivity index (χ1n) is 7.17. The largest absolute Gasteiger partial charge is 0.493 e. The van der Waals surface area contributed by atoms with Crippen LogP contribution in [0.1, 0.15) is 25.8 Å². The molecule has 1 N–H and O–H groups in total. The van der Waals surface area contributed by atoms with Crippen LogP contribution < -0.4 is 14.8 Å². The number of ether oxygens (including phenoxy) is 2. The third-order valence-electron chi connectivity index (χ3n) is 3.42. The summed E-state index contributed by atoms with van der Waals surface area (Å²) in [6.07, 6.45) is 0.778. The smallest absolute Gasteiger partial charge is 0.161 e. The van der Waals surface area contributed by atoms with E-state index in [1.807, 2.05) is 32.0 Å². The van der Waals surface area contributed by atoms with Gasteiger partial charge in [-0.2, -0.15) is 0 Å². The molecule has 1 aromatic rings. The Bertz CT molecular complexity index is 583. The molecular weight excluding hydrogens is 290 g/mol. The van der Waals surface area contributed by atoms with Gasteiger partial charge in [0.15, 0.2) is 21.3 Å². The number of benzene rings is 1. The van der Waals surface area contributed by atoms with E-state index in [2.05, 4.69) is 5.32 Å². The first-order valence-corrected chi connectivity index (χ1v) is 8.99. The van der Waals surface area contributed by atoms with Crippen LogP contribution in [-0.2, 0) is 16.4 Å². The zero-order valence-electron chi connectivity index (χ0n) is 12.8. The van der Waals surface area contributed by atoms with E-state index in [9.17, 15) is 8.42 Å². The van der Waals surface area contributed by atoms with Crippen molar-refractivity contribution in [2.45, 2.75) is 39.0 Å². The van der Waals surface area contributed by atoms with Crippen molar-refractivity contribution in [1.82, 2.24) is 5.32 Å². The highest BCUT2D eigenvalue weighted by Crippen LogP contribution is 2.29. The first-order chi connectivity index (χ1) is 9.89. The Balaban J connectivity index is 1.98. The fraction of sp³-hybridized carbons (Fsp3) is 0.600. The summed E-state index contributed by atoms with van der Waals surface area (Å²) < 4.78 is 33.9. The van der Waals surface area contributed by atoms with Crippen molar-refractivity contribution in [3.8, 4) is 11.5 Å². The van der Waals surface area contributed by atoms with E-state index in [0.717, 1.165) is 11.3 Å². The van der Waals surface area contributed by atoms with Gasteiger partial charge >= 0.3 is 0 Å². The van der Waals surface area contributed by atoms with Gasteiger partial charge in [-0.25, -0.2) is 8.42 Å². The van der Waals surface area contributed by atoms with Crippen molar-refractivity contribution in [2.24, 2.45) is 0 Å². The second-order valence-electron chi connectivity index (χ2n) is 5.63. The summed E-state index contributed by atoms with van der Waals surface area (Å²) in [5.74, 6) is 1.94. The van der Waals surface area contributed by atoms with Crippen molar-refractivity contribution in [2.75, 3.05) is 18.6 Å². The Morgan fingerprint density at radius 2 is 2.10 bits per heavy atom. The minimum atomic E-state index is -2.84. The number of sulfone groups is 1. The highest BCUT2D eigenvalue weighted by Gasteiger charge is 2.27. The molecule has 0 amide bonds. The van der Waals surface area contributed by atoms with Gasteiger partial charge in [-0.3, -0.25) is 0 Å². The van der Waals surface area contributed by atoms with Crippen LogP contribution in [0.15, 0.2) is 18.2 Å². The van der Waals surface area contributed by atoms with Gasteiger partial charge < -0.3 is 14.8 Å². The molecule has 0 aromatic heterocycles. The maximum Gasteiger partial charge on any atom is 0.161 e. The Labute approximate surface area is 126 Å². The molecule has 1 aromatic carbocycles.